The monoisotopic (exact) mass is 430 g/mol. The molecule has 2 aromatic carbocycles. The van der Waals surface area contributed by atoms with Gasteiger partial charge >= 0.3 is 5.97 Å². The van der Waals surface area contributed by atoms with E-state index in [0.29, 0.717) is 14.7 Å². The van der Waals surface area contributed by atoms with Crippen molar-refractivity contribution in [2.24, 2.45) is 0 Å². The summed E-state index contributed by atoms with van der Waals surface area (Å²) in [6, 6.07) is 10.6. The molecule has 3 nitrogen and oxygen atoms in total. The van der Waals surface area contributed by atoms with Gasteiger partial charge in [0.2, 0.25) is 0 Å². The van der Waals surface area contributed by atoms with Gasteiger partial charge in [-0.1, -0.05) is 18.2 Å². The van der Waals surface area contributed by atoms with Gasteiger partial charge in [0.15, 0.2) is 5.82 Å². The summed E-state index contributed by atoms with van der Waals surface area (Å²) >= 11 is 6.32. The molecule has 0 N–H and O–H groups in total. The highest BCUT2D eigenvalue weighted by Crippen LogP contribution is 2.27. The Morgan fingerprint density at radius 2 is 1.82 bits per heavy atom. The summed E-state index contributed by atoms with van der Waals surface area (Å²) in [7, 11) is 1.35. The first-order valence-corrected chi connectivity index (χ1v) is 8.00. The van der Waals surface area contributed by atoms with Crippen LogP contribution in [0.2, 0.25) is 0 Å². The van der Waals surface area contributed by atoms with Crippen molar-refractivity contribution in [3.8, 4) is 5.75 Å². The molecule has 0 spiro atoms. The molecule has 0 radical (unpaired) electrons. The predicted octanol–water partition coefficient (Wildman–Crippen LogP) is 4.65. The van der Waals surface area contributed by atoms with Crippen LogP contribution in [0.5, 0.6) is 5.75 Å². The first kappa shape index (κ1) is 17.0. The van der Waals surface area contributed by atoms with Gasteiger partial charge in [0.05, 0.1) is 22.5 Å². The van der Waals surface area contributed by atoms with Crippen LogP contribution in [0.1, 0.15) is 11.1 Å². The number of hydrogen-bond acceptors (Lipinski definition) is 3. The van der Waals surface area contributed by atoms with E-state index in [0.717, 1.165) is 11.1 Å². The van der Waals surface area contributed by atoms with Crippen LogP contribution in [0.4, 0.5) is 4.39 Å². The zero-order valence-corrected chi connectivity index (χ0v) is 14.9. The molecule has 0 aliphatic heterocycles. The summed E-state index contributed by atoms with van der Waals surface area (Å²) < 4.78 is 24.7. The van der Waals surface area contributed by atoms with Gasteiger partial charge in [-0.05, 0) is 55.6 Å². The zero-order valence-electron chi connectivity index (χ0n) is 11.7. The maximum Gasteiger partial charge on any atom is 0.310 e. The average molecular weight is 432 g/mol. The molecule has 0 fully saturated rings. The number of hydrogen-bond donors (Lipinski definition) is 0. The van der Waals surface area contributed by atoms with Gasteiger partial charge in [0.1, 0.15) is 12.4 Å². The third-order valence-corrected chi connectivity index (χ3v) is 4.13. The molecule has 116 valence electrons. The molecule has 0 amide bonds. The van der Waals surface area contributed by atoms with Crippen molar-refractivity contribution in [1.82, 2.24) is 0 Å². The van der Waals surface area contributed by atoms with Crippen LogP contribution in [-0.2, 0) is 22.6 Å². The molecule has 0 aliphatic carbocycles. The number of halogens is 3. The minimum Gasteiger partial charge on any atom is -0.489 e. The van der Waals surface area contributed by atoms with Crippen LogP contribution in [0, 0.1) is 5.82 Å². The molecule has 0 unspecified atom stereocenters. The second-order valence-electron chi connectivity index (χ2n) is 4.52. The number of esters is 1. The summed E-state index contributed by atoms with van der Waals surface area (Å²) in [5.74, 6) is -0.0809. The molecule has 2 rings (SSSR count). The lowest BCUT2D eigenvalue weighted by atomic mass is 10.1. The van der Waals surface area contributed by atoms with Crippen LogP contribution in [-0.4, -0.2) is 13.1 Å². The Bertz CT molecular complexity index is 666. The first-order chi connectivity index (χ1) is 10.5. The van der Waals surface area contributed by atoms with Crippen LogP contribution in [0.3, 0.4) is 0 Å². The van der Waals surface area contributed by atoms with Gasteiger partial charge in [0.25, 0.3) is 0 Å². The summed E-state index contributed by atoms with van der Waals surface area (Å²) in [4.78, 5) is 11.4. The minimum atomic E-state index is -0.352. The fourth-order valence-corrected chi connectivity index (χ4v) is 3.15. The van der Waals surface area contributed by atoms with E-state index in [2.05, 4.69) is 36.6 Å². The fourth-order valence-electron chi connectivity index (χ4n) is 1.87. The molecular formula is C16H13Br2FO3. The molecule has 0 aromatic heterocycles. The van der Waals surface area contributed by atoms with Crippen LogP contribution >= 0.6 is 31.9 Å². The molecule has 22 heavy (non-hydrogen) atoms. The van der Waals surface area contributed by atoms with Gasteiger partial charge < -0.3 is 9.47 Å². The van der Waals surface area contributed by atoms with E-state index in [9.17, 15) is 9.18 Å². The Morgan fingerprint density at radius 3 is 2.45 bits per heavy atom. The highest BCUT2D eigenvalue weighted by molar-refractivity contribution is 9.11. The average Bonchev–Trinajstić information content (AvgIpc) is 2.51. The number of para-hydroxylation sites is 1. The second-order valence-corrected chi connectivity index (χ2v) is 6.23. The number of rotatable bonds is 5. The number of ether oxygens (including phenoxy) is 2. The van der Waals surface area contributed by atoms with Gasteiger partial charge in [-0.25, -0.2) is 4.39 Å². The van der Waals surface area contributed by atoms with E-state index in [-0.39, 0.29) is 24.8 Å². The quantitative estimate of drug-likeness (QED) is 0.510. The third kappa shape index (κ3) is 4.30. The fraction of sp³-hybridized carbons (Fsp3) is 0.188. The Balaban J connectivity index is 2.13. The largest absolute Gasteiger partial charge is 0.489 e. The highest BCUT2D eigenvalue weighted by Gasteiger charge is 2.11. The topological polar surface area (TPSA) is 35.5 Å². The maximum atomic E-state index is 13.5. The number of carbonyl (C=O) groups excluding carboxylic acids is 1. The first-order valence-electron chi connectivity index (χ1n) is 6.42. The summed E-state index contributed by atoms with van der Waals surface area (Å²) in [6.07, 6.45) is 0.142. The number of benzene rings is 2. The van der Waals surface area contributed by atoms with Crippen molar-refractivity contribution in [2.45, 2.75) is 13.0 Å². The standard InChI is InChI=1S/C16H13Br2FO3/c1-21-15(20)8-11-4-2-3-5-14(11)22-9-10-6-12(17)16(19)13(18)7-10/h2-7H,8-9H2,1H3. The predicted molar refractivity (Wildman–Crippen MR) is 88.3 cm³/mol. The third-order valence-electron chi connectivity index (χ3n) is 2.97. The van der Waals surface area contributed by atoms with Gasteiger partial charge in [-0.2, -0.15) is 0 Å². The molecule has 0 heterocycles. The zero-order chi connectivity index (χ0) is 16.1. The molecule has 0 aliphatic rings. The Labute approximate surface area is 144 Å². The maximum absolute atomic E-state index is 13.5. The summed E-state index contributed by atoms with van der Waals surface area (Å²) in [6.45, 7) is 0.260. The van der Waals surface area contributed by atoms with E-state index < -0.39 is 0 Å². The van der Waals surface area contributed by atoms with Crippen molar-refractivity contribution in [1.29, 1.82) is 0 Å². The van der Waals surface area contributed by atoms with Crippen molar-refractivity contribution >= 4 is 37.8 Å². The Hall–Kier alpha value is -1.40. The lowest BCUT2D eigenvalue weighted by molar-refractivity contribution is -0.139. The second kappa shape index (κ2) is 7.74. The Kier molecular flexibility index (Phi) is 5.97. The van der Waals surface area contributed by atoms with Crippen LogP contribution < -0.4 is 4.74 Å². The Morgan fingerprint density at radius 1 is 1.18 bits per heavy atom. The number of methoxy groups -OCH3 is 1. The minimum absolute atomic E-state index is 0.142. The molecule has 0 atom stereocenters. The van der Waals surface area contributed by atoms with Crippen LogP contribution in [0.25, 0.3) is 0 Å². The van der Waals surface area contributed by atoms with Gasteiger partial charge in [0, 0.05) is 5.56 Å². The van der Waals surface area contributed by atoms with E-state index in [1.165, 1.54) is 7.11 Å². The van der Waals surface area contributed by atoms with Gasteiger partial charge in [-0.15, -0.1) is 0 Å². The van der Waals surface area contributed by atoms with Crippen LogP contribution in [0.15, 0.2) is 45.3 Å². The van der Waals surface area contributed by atoms with E-state index >= 15 is 0 Å². The number of carbonyl (C=O) groups is 1. The molecule has 6 heteroatoms. The molecular weight excluding hydrogens is 419 g/mol. The molecule has 0 saturated heterocycles. The SMILES string of the molecule is COC(=O)Cc1ccccc1OCc1cc(Br)c(F)c(Br)c1. The van der Waals surface area contributed by atoms with Crippen molar-refractivity contribution in [3.05, 3.63) is 62.3 Å². The lowest BCUT2D eigenvalue weighted by Crippen LogP contribution is -2.07. The van der Waals surface area contributed by atoms with Crippen molar-refractivity contribution in [2.75, 3.05) is 7.11 Å². The van der Waals surface area contributed by atoms with Crippen molar-refractivity contribution in [3.63, 3.8) is 0 Å². The summed E-state index contributed by atoms with van der Waals surface area (Å²) in [5.41, 5.74) is 1.54. The van der Waals surface area contributed by atoms with E-state index in [4.69, 9.17) is 4.74 Å². The molecule has 0 saturated carbocycles. The summed E-state index contributed by atoms with van der Waals surface area (Å²) in [5, 5.41) is 0. The van der Waals surface area contributed by atoms with Crippen molar-refractivity contribution < 1.29 is 18.7 Å². The molecule has 0 bridgehead atoms. The normalized spacial score (nSPS) is 10.4. The highest BCUT2D eigenvalue weighted by atomic mass is 79.9. The lowest BCUT2D eigenvalue weighted by Gasteiger charge is -2.11. The smallest absolute Gasteiger partial charge is 0.310 e. The molecule has 2 aromatic rings. The van der Waals surface area contributed by atoms with Gasteiger partial charge in [-0.3, -0.25) is 4.79 Å². The van der Waals surface area contributed by atoms with E-state index in [1.54, 1.807) is 18.2 Å². The van der Waals surface area contributed by atoms with E-state index in [1.807, 2.05) is 18.2 Å².